The Morgan fingerprint density at radius 3 is 2.53 bits per heavy atom. The van der Waals surface area contributed by atoms with Gasteiger partial charge in [-0.2, -0.15) is 0 Å². The molecular weight excluding hydrogens is 252 g/mol. The zero-order chi connectivity index (χ0) is 14.8. The highest BCUT2D eigenvalue weighted by atomic mass is 16.4. The van der Waals surface area contributed by atoms with E-state index < -0.39 is 35.6 Å². The molecule has 0 aliphatic carbocycles. The summed E-state index contributed by atoms with van der Waals surface area (Å²) < 4.78 is 0. The molecule has 1 fully saturated rings. The zero-order valence-corrected chi connectivity index (χ0v) is 11.4. The number of nitrogens with one attached hydrogen (secondary N) is 1. The van der Waals surface area contributed by atoms with Gasteiger partial charge in [-0.3, -0.25) is 9.69 Å². The Labute approximate surface area is 111 Å². The third-order valence-corrected chi connectivity index (χ3v) is 3.30. The van der Waals surface area contributed by atoms with Gasteiger partial charge in [0.15, 0.2) is 5.60 Å². The van der Waals surface area contributed by atoms with Crippen LogP contribution in [0.5, 0.6) is 0 Å². The highest BCUT2D eigenvalue weighted by Crippen LogP contribution is 2.24. The molecule has 1 aliphatic heterocycles. The van der Waals surface area contributed by atoms with Gasteiger partial charge in [-0.25, -0.2) is 9.59 Å². The van der Waals surface area contributed by atoms with Crippen LogP contribution < -0.4 is 5.32 Å². The summed E-state index contributed by atoms with van der Waals surface area (Å²) >= 11 is 0. The van der Waals surface area contributed by atoms with Crippen LogP contribution in [0, 0.1) is 0 Å². The number of rotatable bonds is 6. The molecule has 0 radical (unpaired) electrons. The Morgan fingerprint density at radius 1 is 1.47 bits per heavy atom. The summed E-state index contributed by atoms with van der Waals surface area (Å²) in [5, 5.41) is 21.0. The first-order chi connectivity index (χ1) is 8.64. The fraction of sp³-hybridized carbons (Fsp3) is 0.750. The molecule has 2 atom stereocenters. The van der Waals surface area contributed by atoms with Crippen molar-refractivity contribution in [3.63, 3.8) is 0 Å². The summed E-state index contributed by atoms with van der Waals surface area (Å²) in [6, 6.07) is -0.662. The number of amides is 3. The third-order valence-electron chi connectivity index (χ3n) is 3.30. The largest absolute Gasteiger partial charge is 0.479 e. The summed E-state index contributed by atoms with van der Waals surface area (Å²) in [5.74, 6) is -1.97. The normalized spacial score (nSPS) is 26.2. The van der Waals surface area contributed by atoms with Crippen molar-refractivity contribution >= 4 is 17.9 Å². The van der Waals surface area contributed by atoms with E-state index in [2.05, 4.69) is 5.32 Å². The lowest BCUT2D eigenvalue weighted by Crippen LogP contribution is -2.50. The Morgan fingerprint density at radius 2 is 2.05 bits per heavy atom. The molecule has 3 amide bonds. The van der Waals surface area contributed by atoms with E-state index >= 15 is 0 Å². The van der Waals surface area contributed by atoms with Gasteiger partial charge in [-0.15, -0.1) is 0 Å². The van der Waals surface area contributed by atoms with E-state index in [4.69, 9.17) is 5.11 Å². The summed E-state index contributed by atoms with van der Waals surface area (Å²) in [5.41, 5.74) is -3.16. The minimum absolute atomic E-state index is 0.486. The smallest absolute Gasteiger partial charge is 0.337 e. The van der Waals surface area contributed by atoms with Gasteiger partial charge in [-0.05, 0) is 20.3 Å². The number of β-amino-alcohol motifs (C(OH)–C–C–N with tert-alkyl or cyclic N) is 1. The molecule has 7 nitrogen and oxygen atoms in total. The topological polar surface area (TPSA) is 107 Å². The molecule has 3 N–H and O–H groups in total. The van der Waals surface area contributed by atoms with Crippen LogP contribution in [-0.4, -0.2) is 50.7 Å². The molecule has 1 heterocycles. The predicted octanol–water partition coefficient (Wildman–Crippen LogP) is 0.323. The maximum absolute atomic E-state index is 12.2. The Kier molecular flexibility index (Phi) is 4.19. The van der Waals surface area contributed by atoms with Gasteiger partial charge in [0, 0.05) is 0 Å². The number of nitrogens with zero attached hydrogens (tertiary/aromatic N) is 1. The van der Waals surface area contributed by atoms with Gasteiger partial charge in [0.25, 0.3) is 5.91 Å². The fourth-order valence-corrected chi connectivity index (χ4v) is 1.97. The van der Waals surface area contributed by atoms with Crippen molar-refractivity contribution in [1.29, 1.82) is 0 Å². The zero-order valence-electron chi connectivity index (χ0n) is 11.4. The van der Waals surface area contributed by atoms with Gasteiger partial charge in [0.1, 0.15) is 5.54 Å². The molecule has 1 saturated heterocycles. The van der Waals surface area contributed by atoms with Gasteiger partial charge in [-0.1, -0.05) is 19.8 Å². The maximum atomic E-state index is 12.2. The van der Waals surface area contributed by atoms with Crippen molar-refractivity contribution in [2.75, 3.05) is 6.54 Å². The summed E-state index contributed by atoms with van der Waals surface area (Å²) in [7, 11) is 0. The number of carboxylic acids is 1. The van der Waals surface area contributed by atoms with E-state index in [-0.39, 0.29) is 0 Å². The summed E-state index contributed by atoms with van der Waals surface area (Å²) in [6.45, 7) is 4.07. The summed E-state index contributed by atoms with van der Waals surface area (Å²) in [6.07, 6.45) is 2.14. The molecule has 108 valence electrons. The van der Waals surface area contributed by atoms with E-state index in [0.717, 1.165) is 24.7 Å². The molecule has 0 spiro atoms. The second-order valence-corrected chi connectivity index (χ2v) is 5.34. The minimum atomic E-state index is -2.15. The first-order valence-corrected chi connectivity index (χ1v) is 6.24. The molecule has 0 aromatic rings. The van der Waals surface area contributed by atoms with Crippen molar-refractivity contribution in [1.82, 2.24) is 10.2 Å². The molecule has 1 aliphatic rings. The van der Waals surface area contributed by atoms with Gasteiger partial charge >= 0.3 is 12.0 Å². The predicted molar refractivity (Wildman–Crippen MR) is 66.4 cm³/mol. The molecule has 0 aromatic carbocycles. The summed E-state index contributed by atoms with van der Waals surface area (Å²) in [4.78, 5) is 35.5. The number of urea groups is 1. The fourth-order valence-electron chi connectivity index (χ4n) is 1.97. The van der Waals surface area contributed by atoms with E-state index in [1.54, 1.807) is 6.92 Å². The number of carbonyl (C=O) groups excluding carboxylic acids is 2. The first kappa shape index (κ1) is 15.4. The number of imide groups is 1. The van der Waals surface area contributed by atoms with Crippen molar-refractivity contribution in [3.05, 3.63) is 0 Å². The second kappa shape index (κ2) is 5.16. The first-order valence-electron chi connectivity index (χ1n) is 6.24. The lowest BCUT2D eigenvalue weighted by atomic mass is 9.95. The van der Waals surface area contributed by atoms with Crippen molar-refractivity contribution in [2.45, 2.75) is 51.2 Å². The van der Waals surface area contributed by atoms with Crippen LogP contribution in [0.15, 0.2) is 0 Å². The molecule has 0 bridgehead atoms. The minimum Gasteiger partial charge on any atom is -0.479 e. The molecule has 0 aromatic heterocycles. The van der Waals surface area contributed by atoms with Crippen LogP contribution in [0.25, 0.3) is 0 Å². The van der Waals surface area contributed by atoms with Crippen molar-refractivity contribution < 1.29 is 24.6 Å². The molecular formula is C12H20N2O5. The monoisotopic (exact) mass is 272 g/mol. The molecule has 0 saturated carbocycles. The average molecular weight is 272 g/mol. The Balaban J connectivity index is 2.85. The Bertz CT molecular complexity index is 407. The highest BCUT2D eigenvalue weighted by Gasteiger charge is 2.50. The van der Waals surface area contributed by atoms with Crippen molar-refractivity contribution in [3.8, 4) is 0 Å². The van der Waals surface area contributed by atoms with Gasteiger partial charge < -0.3 is 15.5 Å². The number of aliphatic carboxylic acids is 1. The van der Waals surface area contributed by atoms with Crippen LogP contribution in [0.1, 0.15) is 40.0 Å². The average Bonchev–Trinajstić information content (AvgIpc) is 2.51. The maximum Gasteiger partial charge on any atom is 0.337 e. The van der Waals surface area contributed by atoms with Crippen molar-refractivity contribution in [2.24, 2.45) is 0 Å². The van der Waals surface area contributed by atoms with Crippen LogP contribution in [0.3, 0.4) is 0 Å². The highest BCUT2D eigenvalue weighted by molar-refractivity contribution is 6.07. The van der Waals surface area contributed by atoms with E-state index in [0.29, 0.717) is 6.42 Å². The standard InChI is InChI=1S/C12H20N2O5/c1-4-5-6-11(2)8(15)14(10(18)13-11)7-12(3,19)9(16)17/h19H,4-7H2,1-3H3,(H,13,18)(H,16,17). The SMILES string of the molecule is CCCCC1(C)NC(=O)N(CC(C)(O)C(=O)O)C1=O. The quantitative estimate of drug-likeness (QED) is 0.604. The van der Waals surface area contributed by atoms with Gasteiger partial charge in [0.05, 0.1) is 6.54 Å². The molecule has 19 heavy (non-hydrogen) atoms. The number of carbonyl (C=O) groups is 3. The van der Waals surface area contributed by atoms with E-state index in [1.807, 2.05) is 6.92 Å². The molecule has 1 rings (SSSR count). The van der Waals surface area contributed by atoms with Gasteiger partial charge in [0.2, 0.25) is 0 Å². The number of hydrogen-bond acceptors (Lipinski definition) is 4. The number of hydrogen-bond donors (Lipinski definition) is 3. The third kappa shape index (κ3) is 3.04. The van der Waals surface area contributed by atoms with E-state index in [9.17, 15) is 19.5 Å². The lowest BCUT2D eigenvalue weighted by molar-refractivity contribution is -0.158. The lowest BCUT2D eigenvalue weighted by Gasteiger charge is -2.25. The van der Waals surface area contributed by atoms with Crippen LogP contribution >= 0.6 is 0 Å². The second-order valence-electron chi connectivity index (χ2n) is 5.34. The van der Waals surface area contributed by atoms with Crippen LogP contribution in [0.2, 0.25) is 0 Å². The number of carboxylic acid groups (broad SMARTS) is 1. The molecule has 2 unspecified atom stereocenters. The molecule has 7 heteroatoms. The van der Waals surface area contributed by atoms with E-state index in [1.165, 1.54) is 0 Å². The van der Waals surface area contributed by atoms with Crippen LogP contribution in [-0.2, 0) is 9.59 Å². The number of aliphatic hydroxyl groups is 1. The van der Waals surface area contributed by atoms with Crippen LogP contribution in [0.4, 0.5) is 4.79 Å². The number of unbranched alkanes of at least 4 members (excludes halogenated alkanes) is 1. The Hall–Kier alpha value is -1.63.